The minimum Gasteiger partial charge on any atom is -0.325 e. The molecule has 1 heterocycles. The average molecular weight is 241 g/mol. The van der Waals surface area contributed by atoms with Crippen molar-refractivity contribution in [2.75, 3.05) is 0 Å². The van der Waals surface area contributed by atoms with Gasteiger partial charge in [0.1, 0.15) is 5.82 Å². The van der Waals surface area contributed by atoms with Gasteiger partial charge >= 0.3 is 0 Å². The zero-order chi connectivity index (χ0) is 11.5. The lowest BCUT2D eigenvalue weighted by molar-refractivity contribution is 0.614. The van der Waals surface area contributed by atoms with Crippen LogP contribution in [0.3, 0.4) is 0 Å². The molecule has 2 N–H and O–H groups in total. The summed E-state index contributed by atoms with van der Waals surface area (Å²) < 4.78 is 14.6. The maximum atomic E-state index is 13.0. The molecule has 0 spiro atoms. The minimum absolute atomic E-state index is 0.321. The first-order chi connectivity index (χ1) is 7.69. The Hall–Kier alpha value is -1.46. The fourth-order valence-electron chi connectivity index (χ4n) is 1.35. The molecule has 1 aromatic heterocycles. The Kier molecular flexibility index (Phi) is 3.17. The molecule has 2 rings (SSSR count). The van der Waals surface area contributed by atoms with Crippen molar-refractivity contribution in [2.45, 2.75) is 13.1 Å². The van der Waals surface area contributed by atoms with E-state index in [4.69, 9.17) is 17.3 Å². The number of aromatic nitrogens is 3. The van der Waals surface area contributed by atoms with Gasteiger partial charge in [-0.25, -0.2) is 9.07 Å². The number of nitrogens with zero attached hydrogens (tertiary/aromatic N) is 3. The highest BCUT2D eigenvalue weighted by atomic mass is 35.5. The van der Waals surface area contributed by atoms with Crippen molar-refractivity contribution in [1.29, 1.82) is 0 Å². The molecule has 16 heavy (non-hydrogen) atoms. The van der Waals surface area contributed by atoms with Crippen molar-refractivity contribution in [3.8, 4) is 0 Å². The van der Waals surface area contributed by atoms with Crippen molar-refractivity contribution < 1.29 is 4.39 Å². The predicted molar refractivity (Wildman–Crippen MR) is 58.4 cm³/mol. The van der Waals surface area contributed by atoms with Crippen LogP contribution in [0.4, 0.5) is 4.39 Å². The topological polar surface area (TPSA) is 56.7 Å². The molecule has 0 saturated heterocycles. The normalized spacial score (nSPS) is 10.7. The molecule has 0 radical (unpaired) electrons. The van der Waals surface area contributed by atoms with Gasteiger partial charge in [0.15, 0.2) is 0 Å². The monoisotopic (exact) mass is 240 g/mol. The molecule has 0 unspecified atom stereocenters. The van der Waals surface area contributed by atoms with Crippen molar-refractivity contribution in [1.82, 2.24) is 15.0 Å². The van der Waals surface area contributed by atoms with Gasteiger partial charge in [-0.1, -0.05) is 16.8 Å². The molecular weight excluding hydrogens is 231 g/mol. The molecule has 0 fully saturated rings. The van der Waals surface area contributed by atoms with Crippen molar-refractivity contribution in [3.05, 3.63) is 46.5 Å². The predicted octanol–water partition coefficient (Wildman–Crippen LogP) is 1.58. The van der Waals surface area contributed by atoms with E-state index in [0.717, 1.165) is 0 Å². The molecule has 0 bridgehead atoms. The van der Waals surface area contributed by atoms with Crippen LogP contribution >= 0.6 is 11.6 Å². The maximum absolute atomic E-state index is 13.0. The summed E-state index contributed by atoms with van der Waals surface area (Å²) in [6.07, 6.45) is 1.71. The van der Waals surface area contributed by atoms with E-state index in [9.17, 15) is 4.39 Å². The Balaban J connectivity index is 2.22. The Morgan fingerprint density at radius 1 is 1.44 bits per heavy atom. The van der Waals surface area contributed by atoms with Crippen LogP contribution in [0.5, 0.6) is 0 Å². The van der Waals surface area contributed by atoms with Gasteiger partial charge in [-0.2, -0.15) is 0 Å². The van der Waals surface area contributed by atoms with E-state index in [2.05, 4.69) is 10.3 Å². The summed E-state index contributed by atoms with van der Waals surface area (Å²) in [5.74, 6) is -0.321. The van der Waals surface area contributed by atoms with Gasteiger partial charge in [0, 0.05) is 11.6 Å². The summed E-state index contributed by atoms with van der Waals surface area (Å²) in [6.45, 7) is 0.709. The number of halogens is 2. The standard InChI is InChI=1S/C10H10ClFN4/c11-10-2-1-8(12)3-7(10)5-16-6-9(4-13)14-15-16/h1-3,6H,4-5,13H2. The Morgan fingerprint density at radius 2 is 2.25 bits per heavy atom. The highest BCUT2D eigenvalue weighted by molar-refractivity contribution is 6.31. The molecular formula is C10H10ClFN4. The highest BCUT2D eigenvalue weighted by Crippen LogP contribution is 2.17. The van der Waals surface area contributed by atoms with Crippen LogP contribution in [0.2, 0.25) is 5.02 Å². The second kappa shape index (κ2) is 4.59. The van der Waals surface area contributed by atoms with E-state index < -0.39 is 0 Å². The third-order valence-electron chi connectivity index (χ3n) is 2.14. The molecule has 0 aliphatic heterocycles. The van der Waals surface area contributed by atoms with Gasteiger partial charge in [0.2, 0.25) is 0 Å². The summed E-state index contributed by atoms with van der Waals surface area (Å²) >= 11 is 5.93. The second-order valence-electron chi connectivity index (χ2n) is 3.35. The summed E-state index contributed by atoms with van der Waals surface area (Å²) in [7, 11) is 0. The molecule has 0 amide bonds. The molecule has 0 aliphatic carbocycles. The highest BCUT2D eigenvalue weighted by Gasteiger charge is 2.05. The first-order valence-corrected chi connectivity index (χ1v) is 5.10. The van der Waals surface area contributed by atoms with E-state index in [1.54, 1.807) is 10.9 Å². The zero-order valence-corrected chi connectivity index (χ0v) is 9.15. The molecule has 84 valence electrons. The van der Waals surface area contributed by atoms with Crippen LogP contribution in [0.15, 0.2) is 24.4 Å². The number of rotatable bonds is 3. The van der Waals surface area contributed by atoms with Crippen molar-refractivity contribution in [2.24, 2.45) is 5.73 Å². The molecule has 0 aliphatic rings. The van der Waals surface area contributed by atoms with Gasteiger partial charge < -0.3 is 5.73 Å². The molecule has 0 atom stereocenters. The summed E-state index contributed by atoms with van der Waals surface area (Å²) in [4.78, 5) is 0. The average Bonchev–Trinajstić information content (AvgIpc) is 2.71. The lowest BCUT2D eigenvalue weighted by Crippen LogP contribution is -2.01. The van der Waals surface area contributed by atoms with E-state index in [1.807, 2.05) is 0 Å². The van der Waals surface area contributed by atoms with Gasteiger partial charge in [-0.3, -0.25) is 0 Å². The SMILES string of the molecule is NCc1cn(Cc2cc(F)ccc2Cl)nn1. The number of benzene rings is 1. The van der Waals surface area contributed by atoms with Gasteiger partial charge in [0.25, 0.3) is 0 Å². The first kappa shape index (κ1) is 11.0. The van der Waals surface area contributed by atoms with E-state index >= 15 is 0 Å². The molecule has 1 aromatic carbocycles. The molecule has 0 saturated carbocycles. The van der Waals surface area contributed by atoms with Crippen LogP contribution in [0.25, 0.3) is 0 Å². The maximum Gasteiger partial charge on any atom is 0.123 e. The van der Waals surface area contributed by atoms with Crippen LogP contribution in [0.1, 0.15) is 11.3 Å². The Morgan fingerprint density at radius 3 is 2.94 bits per heavy atom. The van der Waals surface area contributed by atoms with Gasteiger partial charge in [-0.15, -0.1) is 5.10 Å². The van der Waals surface area contributed by atoms with Crippen LogP contribution in [0, 0.1) is 5.82 Å². The van der Waals surface area contributed by atoms with E-state index in [1.165, 1.54) is 18.2 Å². The largest absolute Gasteiger partial charge is 0.325 e. The van der Waals surface area contributed by atoms with Crippen molar-refractivity contribution in [3.63, 3.8) is 0 Å². The second-order valence-corrected chi connectivity index (χ2v) is 3.75. The van der Waals surface area contributed by atoms with E-state index in [0.29, 0.717) is 29.4 Å². The molecule has 2 aromatic rings. The minimum atomic E-state index is -0.321. The van der Waals surface area contributed by atoms with Crippen LogP contribution in [-0.2, 0) is 13.1 Å². The van der Waals surface area contributed by atoms with Crippen LogP contribution < -0.4 is 5.73 Å². The lowest BCUT2D eigenvalue weighted by Gasteiger charge is -2.03. The quantitative estimate of drug-likeness (QED) is 0.886. The zero-order valence-electron chi connectivity index (χ0n) is 8.40. The summed E-state index contributed by atoms with van der Waals surface area (Å²) in [5, 5.41) is 8.20. The van der Waals surface area contributed by atoms with E-state index in [-0.39, 0.29) is 5.82 Å². The Labute approximate surface area is 96.8 Å². The number of hydrogen-bond donors (Lipinski definition) is 1. The lowest BCUT2D eigenvalue weighted by atomic mass is 10.2. The fourth-order valence-corrected chi connectivity index (χ4v) is 1.53. The smallest absolute Gasteiger partial charge is 0.123 e. The van der Waals surface area contributed by atoms with Crippen LogP contribution in [-0.4, -0.2) is 15.0 Å². The summed E-state index contributed by atoms with van der Waals surface area (Å²) in [6, 6.07) is 4.22. The Bertz CT molecular complexity index is 497. The van der Waals surface area contributed by atoms with Gasteiger partial charge in [-0.05, 0) is 23.8 Å². The fraction of sp³-hybridized carbons (Fsp3) is 0.200. The number of nitrogens with two attached hydrogens (primary N) is 1. The van der Waals surface area contributed by atoms with Crippen molar-refractivity contribution >= 4 is 11.6 Å². The third kappa shape index (κ3) is 2.37. The number of hydrogen-bond acceptors (Lipinski definition) is 3. The third-order valence-corrected chi connectivity index (χ3v) is 2.50. The molecule has 4 nitrogen and oxygen atoms in total. The first-order valence-electron chi connectivity index (χ1n) is 4.72. The van der Waals surface area contributed by atoms with Gasteiger partial charge in [0.05, 0.1) is 18.4 Å². The molecule has 6 heteroatoms. The summed E-state index contributed by atoms with van der Waals surface area (Å²) in [5.41, 5.74) is 6.76.